The Bertz CT molecular complexity index is 1120. The quantitative estimate of drug-likeness (QED) is 0.442. The van der Waals surface area contributed by atoms with E-state index >= 15 is 0 Å². The molecule has 2 aromatic rings. The smallest absolute Gasteiger partial charge is 0.257 e. The SMILES string of the molecule is COc1ccc2cc1OCC(=O)NCCNCCCC(=O)NCC(CC1CC1)(C(=O)NCc1cccnc1)C2. The van der Waals surface area contributed by atoms with Crippen molar-refractivity contribution in [1.82, 2.24) is 26.3 Å². The van der Waals surface area contributed by atoms with E-state index in [1.165, 1.54) is 0 Å². The molecule has 0 spiro atoms. The summed E-state index contributed by atoms with van der Waals surface area (Å²) in [5.74, 6) is 0.958. The molecule has 0 radical (unpaired) electrons. The summed E-state index contributed by atoms with van der Waals surface area (Å²) in [7, 11) is 1.55. The summed E-state index contributed by atoms with van der Waals surface area (Å²) in [5.41, 5.74) is 0.914. The number of benzene rings is 1. The standard InChI is InChI=1S/C29H39N5O5/c1-38-24-9-8-22-14-25(24)39-19-27(36)32-13-12-30-10-3-5-26(35)34-20-29(16-22,15-21-6-7-21)28(37)33-18-23-4-2-11-31-17-23/h2,4,8-9,11,14,17,21,30H,3,5-7,10,12-13,15-16,18-20H2,1H3,(H,32,36)(H,33,37)(H,34,35). The Morgan fingerprint density at radius 2 is 2.03 bits per heavy atom. The van der Waals surface area contributed by atoms with Crippen LogP contribution in [0.2, 0.25) is 0 Å². The van der Waals surface area contributed by atoms with Gasteiger partial charge in [-0.1, -0.05) is 25.0 Å². The first kappa shape index (κ1) is 28.4. The first-order valence-corrected chi connectivity index (χ1v) is 13.7. The summed E-state index contributed by atoms with van der Waals surface area (Å²) in [4.78, 5) is 43.2. The normalized spacial score (nSPS) is 21.4. The second-order valence-electron chi connectivity index (χ2n) is 10.4. The van der Waals surface area contributed by atoms with Gasteiger partial charge >= 0.3 is 0 Å². The number of aromatic nitrogens is 1. The monoisotopic (exact) mass is 537 g/mol. The molecule has 2 heterocycles. The van der Waals surface area contributed by atoms with Crippen molar-refractivity contribution in [3.8, 4) is 11.5 Å². The molecule has 1 atom stereocenters. The minimum absolute atomic E-state index is 0.0785. The number of rotatable bonds is 6. The highest BCUT2D eigenvalue weighted by Gasteiger charge is 2.43. The number of carbonyl (C=O) groups is 3. The Balaban J connectivity index is 1.62. The molecule has 4 rings (SSSR count). The second-order valence-corrected chi connectivity index (χ2v) is 10.4. The van der Waals surface area contributed by atoms with E-state index in [0.29, 0.717) is 69.3 Å². The van der Waals surface area contributed by atoms with Gasteiger partial charge in [-0.2, -0.15) is 0 Å². The number of ether oxygens (including phenoxy) is 2. The van der Waals surface area contributed by atoms with E-state index in [4.69, 9.17) is 9.47 Å². The van der Waals surface area contributed by atoms with Gasteiger partial charge in [0.1, 0.15) is 0 Å². The van der Waals surface area contributed by atoms with E-state index in [1.807, 2.05) is 24.3 Å². The minimum Gasteiger partial charge on any atom is -0.493 e. The van der Waals surface area contributed by atoms with Crippen molar-refractivity contribution >= 4 is 17.7 Å². The molecule has 1 saturated carbocycles. The Hall–Kier alpha value is -3.66. The highest BCUT2D eigenvalue weighted by molar-refractivity contribution is 5.84. The Labute approximate surface area is 229 Å². The van der Waals surface area contributed by atoms with Crippen LogP contribution in [0.15, 0.2) is 42.7 Å². The molecular weight excluding hydrogens is 498 g/mol. The minimum atomic E-state index is -0.855. The number of carbonyl (C=O) groups excluding carboxylic acids is 3. The third kappa shape index (κ3) is 8.68. The Morgan fingerprint density at radius 1 is 1.15 bits per heavy atom. The van der Waals surface area contributed by atoms with Crippen molar-refractivity contribution in [2.75, 3.05) is 39.9 Å². The fourth-order valence-electron chi connectivity index (χ4n) is 4.88. The molecule has 1 aromatic heterocycles. The van der Waals surface area contributed by atoms with Gasteiger partial charge in [-0.05, 0) is 61.1 Å². The number of amides is 3. The van der Waals surface area contributed by atoms with Gasteiger partial charge in [-0.15, -0.1) is 0 Å². The lowest BCUT2D eigenvalue weighted by Gasteiger charge is -2.33. The van der Waals surface area contributed by atoms with Gasteiger partial charge in [-0.3, -0.25) is 19.4 Å². The first-order valence-electron chi connectivity index (χ1n) is 13.7. The highest BCUT2D eigenvalue weighted by Crippen LogP contribution is 2.43. The van der Waals surface area contributed by atoms with E-state index in [0.717, 1.165) is 24.0 Å². The maximum atomic E-state index is 13.9. The molecule has 10 heteroatoms. The molecular formula is C29H39N5O5. The molecule has 39 heavy (non-hydrogen) atoms. The maximum Gasteiger partial charge on any atom is 0.257 e. The van der Waals surface area contributed by atoms with Crippen LogP contribution in [0.1, 0.15) is 43.2 Å². The van der Waals surface area contributed by atoms with Crippen LogP contribution < -0.4 is 30.7 Å². The number of methoxy groups -OCH3 is 1. The third-order valence-corrected chi connectivity index (χ3v) is 7.17. The lowest BCUT2D eigenvalue weighted by molar-refractivity contribution is -0.132. The first-order chi connectivity index (χ1) is 19.0. The lowest BCUT2D eigenvalue weighted by Crippen LogP contribution is -2.50. The molecule has 2 bridgehead atoms. The predicted octanol–water partition coefficient (Wildman–Crippen LogP) is 1.73. The molecule has 210 valence electrons. The number of nitrogens with one attached hydrogen (secondary N) is 4. The topological polar surface area (TPSA) is 131 Å². The zero-order valence-electron chi connectivity index (χ0n) is 22.6. The van der Waals surface area contributed by atoms with Crippen LogP contribution in [-0.4, -0.2) is 62.6 Å². The van der Waals surface area contributed by atoms with Gasteiger partial charge in [-0.25, -0.2) is 0 Å². The van der Waals surface area contributed by atoms with E-state index in [-0.39, 0.29) is 30.9 Å². The molecule has 4 N–H and O–H groups in total. The molecule has 1 fully saturated rings. The predicted molar refractivity (Wildman–Crippen MR) is 146 cm³/mol. The summed E-state index contributed by atoms with van der Waals surface area (Å²) >= 11 is 0. The Morgan fingerprint density at radius 3 is 2.79 bits per heavy atom. The third-order valence-electron chi connectivity index (χ3n) is 7.17. The van der Waals surface area contributed by atoms with Crippen LogP contribution in [0.5, 0.6) is 11.5 Å². The van der Waals surface area contributed by atoms with Crippen LogP contribution in [0.25, 0.3) is 0 Å². The zero-order chi connectivity index (χ0) is 27.5. The average molecular weight is 538 g/mol. The highest BCUT2D eigenvalue weighted by atomic mass is 16.5. The zero-order valence-corrected chi connectivity index (χ0v) is 22.6. The van der Waals surface area contributed by atoms with Crippen molar-refractivity contribution < 1.29 is 23.9 Å². The number of pyridine rings is 1. The van der Waals surface area contributed by atoms with Crippen molar-refractivity contribution in [1.29, 1.82) is 0 Å². The summed E-state index contributed by atoms with van der Waals surface area (Å²) in [6.07, 6.45) is 7.66. The van der Waals surface area contributed by atoms with E-state index in [1.54, 1.807) is 25.6 Å². The molecule has 2 aliphatic rings. The number of fused-ring (bicyclic) bond motifs is 2. The molecule has 10 nitrogen and oxygen atoms in total. The number of hydrogen-bond acceptors (Lipinski definition) is 7. The Kier molecular flexibility index (Phi) is 10.1. The molecule has 1 aliphatic carbocycles. The van der Waals surface area contributed by atoms with Crippen LogP contribution in [0, 0.1) is 11.3 Å². The number of nitrogens with zero attached hydrogens (tertiary/aromatic N) is 1. The van der Waals surface area contributed by atoms with Crippen molar-refractivity contribution in [2.45, 2.75) is 45.1 Å². The van der Waals surface area contributed by atoms with Gasteiger partial charge < -0.3 is 30.7 Å². The second kappa shape index (κ2) is 13.9. The van der Waals surface area contributed by atoms with Gasteiger partial charge in [0.2, 0.25) is 11.8 Å². The molecule has 1 aliphatic heterocycles. The molecule has 0 saturated heterocycles. The van der Waals surface area contributed by atoms with E-state index in [9.17, 15) is 14.4 Å². The van der Waals surface area contributed by atoms with Crippen molar-refractivity contribution in [2.24, 2.45) is 11.3 Å². The molecule has 1 aromatic carbocycles. The largest absolute Gasteiger partial charge is 0.493 e. The van der Waals surface area contributed by atoms with E-state index < -0.39 is 5.41 Å². The average Bonchev–Trinajstić information content (AvgIpc) is 3.77. The van der Waals surface area contributed by atoms with Gasteiger partial charge in [0, 0.05) is 45.0 Å². The van der Waals surface area contributed by atoms with Crippen molar-refractivity contribution in [3.05, 3.63) is 53.9 Å². The van der Waals surface area contributed by atoms with Crippen LogP contribution >= 0.6 is 0 Å². The lowest BCUT2D eigenvalue weighted by atomic mass is 9.75. The summed E-state index contributed by atoms with van der Waals surface area (Å²) in [5, 5.41) is 12.2. The van der Waals surface area contributed by atoms with Crippen LogP contribution in [0.3, 0.4) is 0 Å². The van der Waals surface area contributed by atoms with Gasteiger partial charge in [0.05, 0.1) is 12.5 Å². The molecule has 1 unspecified atom stereocenters. The van der Waals surface area contributed by atoms with Crippen LogP contribution in [0.4, 0.5) is 0 Å². The van der Waals surface area contributed by atoms with Crippen LogP contribution in [-0.2, 0) is 27.3 Å². The maximum absolute atomic E-state index is 13.9. The van der Waals surface area contributed by atoms with Gasteiger partial charge in [0.25, 0.3) is 5.91 Å². The van der Waals surface area contributed by atoms with Gasteiger partial charge in [0.15, 0.2) is 18.1 Å². The summed E-state index contributed by atoms with van der Waals surface area (Å²) < 4.78 is 11.3. The fraction of sp³-hybridized carbons (Fsp3) is 0.517. The number of hydrogen-bond donors (Lipinski definition) is 4. The summed E-state index contributed by atoms with van der Waals surface area (Å²) in [6, 6.07) is 9.29. The molecule has 3 amide bonds. The van der Waals surface area contributed by atoms with E-state index in [2.05, 4.69) is 26.3 Å². The fourth-order valence-corrected chi connectivity index (χ4v) is 4.88. The van der Waals surface area contributed by atoms with Crippen molar-refractivity contribution in [3.63, 3.8) is 0 Å². The summed E-state index contributed by atoms with van der Waals surface area (Å²) in [6.45, 7) is 2.15.